The number of carbonyl (C=O) groups excluding carboxylic acids is 1. The summed E-state index contributed by atoms with van der Waals surface area (Å²) in [4.78, 5) is 35.9. The van der Waals surface area contributed by atoms with Gasteiger partial charge in [-0.3, -0.25) is 14.8 Å². The Bertz CT molecular complexity index is 1720. The molecule has 8 rings (SSSR count). The Balaban J connectivity index is 0.854. The second-order valence-electron chi connectivity index (χ2n) is 16.8. The van der Waals surface area contributed by atoms with Crippen LogP contribution in [0.3, 0.4) is 0 Å². The van der Waals surface area contributed by atoms with Gasteiger partial charge in [-0.15, -0.1) is 0 Å². The van der Waals surface area contributed by atoms with E-state index in [9.17, 15) is 9.90 Å². The average Bonchev–Trinajstić information content (AvgIpc) is 3.78. The molecule has 1 amide bonds. The molecule has 1 aliphatic heterocycles. The number of ether oxygens (including phenoxy) is 1. The van der Waals surface area contributed by atoms with E-state index in [2.05, 4.69) is 33.9 Å². The zero-order chi connectivity index (χ0) is 35.3. The Morgan fingerprint density at radius 1 is 0.941 bits per heavy atom. The molecule has 0 bridgehead atoms. The molecule has 0 radical (unpaired) electrons. The van der Waals surface area contributed by atoms with Crippen LogP contribution in [0, 0.1) is 41.4 Å². The third-order valence-corrected chi connectivity index (χ3v) is 14.2. The Labute approximate surface area is 302 Å². The van der Waals surface area contributed by atoms with Gasteiger partial charge in [0.2, 0.25) is 5.91 Å². The molecular weight excluding hydrogens is 640 g/mol. The molecule has 0 aromatic carbocycles. The van der Waals surface area contributed by atoms with Gasteiger partial charge >= 0.3 is 0 Å². The zero-order valence-electron chi connectivity index (χ0n) is 31.0. The predicted octanol–water partition coefficient (Wildman–Crippen LogP) is 6.76. The molecule has 51 heavy (non-hydrogen) atoms. The number of aryl methyl sites for hydroxylation is 1. The van der Waals surface area contributed by atoms with Crippen LogP contribution in [0.2, 0.25) is 0 Å². The van der Waals surface area contributed by atoms with Crippen LogP contribution in [0.4, 0.5) is 11.6 Å². The van der Waals surface area contributed by atoms with Gasteiger partial charge in [-0.25, -0.2) is 19.9 Å². The van der Waals surface area contributed by atoms with Crippen LogP contribution in [-0.4, -0.2) is 79.6 Å². The smallest absolute Gasteiger partial charge is 0.247 e. The number of pyridine rings is 1. The number of rotatable bonds is 10. The van der Waals surface area contributed by atoms with Crippen LogP contribution < -0.4 is 9.80 Å². The number of H-pyrrole nitrogens is 1. The number of unbranched alkanes of at least 4 members (excludes halogenated alkanes) is 2. The molecule has 1 unspecified atom stereocenters. The molecule has 3 aromatic rings. The molecule has 3 aromatic heterocycles. The molecular formula is C40H56N8O3. The minimum Gasteiger partial charge on any atom is -0.393 e. The van der Waals surface area contributed by atoms with Crippen molar-refractivity contribution in [2.24, 2.45) is 34.5 Å². The molecule has 274 valence electrons. The van der Waals surface area contributed by atoms with Gasteiger partial charge in [-0.05, 0) is 138 Å². The lowest BCUT2D eigenvalue weighted by Crippen LogP contribution is -2.54. The van der Waals surface area contributed by atoms with Crippen LogP contribution >= 0.6 is 0 Å². The number of aliphatic hydroxyl groups excluding tert-OH is 1. The Morgan fingerprint density at radius 2 is 1.78 bits per heavy atom. The third kappa shape index (κ3) is 6.15. The van der Waals surface area contributed by atoms with E-state index in [1.807, 2.05) is 26.0 Å². The van der Waals surface area contributed by atoms with Gasteiger partial charge in [0.05, 0.1) is 30.6 Å². The first-order valence-corrected chi connectivity index (χ1v) is 19.8. The number of aromatic amines is 1. The van der Waals surface area contributed by atoms with E-state index >= 15 is 0 Å². The number of amides is 1. The third-order valence-electron chi connectivity index (χ3n) is 14.2. The monoisotopic (exact) mass is 696 g/mol. The van der Waals surface area contributed by atoms with E-state index < -0.39 is 0 Å². The van der Waals surface area contributed by atoms with Crippen molar-refractivity contribution in [1.29, 1.82) is 0 Å². The van der Waals surface area contributed by atoms with Gasteiger partial charge in [0.25, 0.3) is 0 Å². The van der Waals surface area contributed by atoms with Gasteiger partial charge in [0.1, 0.15) is 12.0 Å². The molecule has 2 N–H and O–H groups in total. The maximum Gasteiger partial charge on any atom is 0.247 e. The lowest BCUT2D eigenvalue weighted by molar-refractivity contribution is -0.141. The molecule has 0 spiro atoms. The first-order valence-electron chi connectivity index (χ1n) is 19.8. The van der Waals surface area contributed by atoms with Gasteiger partial charge in [-0.1, -0.05) is 13.8 Å². The quantitative estimate of drug-likeness (QED) is 0.221. The molecule has 4 aliphatic carbocycles. The number of fused-ring (bicyclic) bond motifs is 6. The topological polar surface area (TPSA) is 133 Å². The largest absolute Gasteiger partial charge is 0.393 e. The van der Waals surface area contributed by atoms with Gasteiger partial charge in [0.15, 0.2) is 17.5 Å². The molecule has 5 aliphatic rings. The van der Waals surface area contributed by atoms with Gasteiger partial charge in [0, 0.05) is 31.0 Å². The molecule has 0 saturated heterocycles. The standard InChI is InChI=1S/C40H56N8O3/c1-5-48-35(50)23-47(37-38(48)45-33(22-41-37)28-11-13-32(44-25(28)2)36-42-24-43-46-36)19-7-6-8-20-51-34-14-12-30-29-10-9-26-21-27(49)15-17-39(26,3)31(29)16-18-40(30,34)4/h11,13,22,24,26-27,29-31,34,49H,5-10,12,14-21,23H2,1-4H3,(H,42,43,46)/t26-,27?,29-,30-,31-,34-,39-,40-/m0/s1. The summed E-state index contributed by atoms with van der Waals surface area (Å²) in [7, 11) is 0. The van der Waals surface area contributed by atoms with Crippen LogP contribution in [0.15, 0.2) is 24.7 Å². The highest BCUT2D eigenvalue weighted by molar-refractivity contribution is 6.01. The van der Waals surface area contributed by atoms with E-state index in [1.165, 1.54) is 51.3 Å². The van der Waals surface area contributed by atoms with E-state index in [-0.39, 0.29) is 12.0 Å². The number of anilines is 2. The average molecular weight is 697 g/mol. The maximum absolute atomic E-state index is 13.3. The molecule has 8 atom stereocenters. The van der Waals surface area contributed by atoms with Crippen molar-refractivity contribution < 1.29 is 14.6 Å². The second-order valence-corrected chi connectivity index (χ2v) is 16.8. The van der Waals surface area contributed by atoms with Crippen molar-refractivity contribution in [2.75, 3.05) is 36.0 Å². The Kier molecular flexibility index (Phi) is 9.40. The summed E-state index contributed by atoms with van der Waals surface area (Å²) < 4.78 is 6.74. The lowest BCUT2D eigenvalue weighted by atomic mass is 9.45. The Morgan fingerprint density at radius 3 is 2.59 bits per heavy atom. The molecule has 11 heteroatoms. The van der Waals surface area contributed by atoms with Crippen molar-refractivity contribution in [3.05, 3.63) is 30.4 Å². The Hall–Kier alpha value is -3.44. The molecule has 4 saturated carbocycles. The summed E-state index contributed by atoms with van der Waals surface area (Å²) in [6, 6.07) is 3.87. The number of nitrogens with one attached hydrogen (secondary N) is 1. The van der Waals surface area contributed by atoms with Gasteiger partial charge < -0.3 is 14.7 Å². The molecule has 4 fully saturated rings. The summed E-state index contributed by atoms with van der Waals surface area (Å²) in [6.07, 6.45) is 17.6. The van der Waals surface area contributed by atoms with Crippen molar-refractivity contribution in [3.63, 3.8) is 0 Å². The number of hydrogen-bond donors (Lipinski definition) is 2. The van der Waals surface area contributed by atoms with E-state index in [0.29, 0.717) is 59.0 Å². The maximum atomic E-state index is 13.3. The first-order chi connectivity index (χ1) is 24.7. The lowest BCUT2D eigenvalue weighted by Gasteiger charge is -2.60. The number of hydrogen-bond acceptors (Lipinski definition) is 9. The van der Waals surface area contributed by atoms with Crippen LogP contribution in [0.5, 0.6) is 0 Å². The fraction of sp³-hybridized carbons (Fsp3) is 0.700. The van der Waals surface area contributed by atoms with E-state index in [4.69, 9.17) is 19.7 Å². The van der Waals surface area contributed by atoms with Gasteiger partial charge in [-0.2, -0.15) is 5.10 Å². The molecule has 4 heterocycles. The highest BCUT2D eigenvalue weighted by Crippen LogP contribution is 2.66. The van der Waals surface area contributed by atoms with Crippen molar-refractivity contribution in [1.82, 2.24) is 30.1 Å². The second kappa shape index (κ2) is 13.8. The summed E-state index contributed by atoms with van der Waals surface area (Å²) in [5.41, 5.74) is 3.81. The fourth-order valence-electron chi connectivity index (χ4n) is 11.4. The highest BCUT2D eigenvalue weighted by atomic mass is 16.5. The minimum absolute atomic E-state index is 0.0533. The minimum atomic E-state index is -0.0754. The van der Waals surface area contributed by atoms with Crippen molar-refractivity contribution in [3.8, 4) is 22.8 Å². The van der Waals surface area contributed by atoms with Crippen molar-refractivity contribution >= 4 is 17.5 Å². The van der Waals surface area contributed by atoms with Crippen LogP contribution in [-0.2, 0) is 9.53 Å². The number of likely N-dealkylation sites (N-methyl/N-ethyl adjacent to an activating group) is 1. The number of carbonyl (C=O) groups is 1. The normalized spacial score (nSPS) is 33.1. The SMILES string of the molecule is CCN1C(=O)CN(CCCCCO[C@H]2CC[C@H]3[C@@H]4CC[C@H]5CC(O)CC[C@]5(C)[C@H]4CC[C@]23C)c2ncc(-c3ccc(-c4ncn[nH]4)nc3C)nc21. The zero-order valence-corrected chi connectivity index (χ0v) is 31.0. The van der Waals surface area contributed by atoms with Crippen LogP contribution in [0.1, 0.15) is 104 Å². The highest BCUT2D eigenvalue weighted by Gasteiger charge is 2.60. The summed E-state index contributed by atoms with van der Waals surface area (Å²) >= 11 is 0. The predicted molar refractivity (Wildman–Crippen MR) is 197 cm³/mol. The summed E-state index contributed by atoms with van der Waals surface area (Å²) in [5.74, 6) is 5.21. The number of nitrogens with zero attached hydrogens (tertiary/aromatic N) is 7. The van der Waals surface area contributed by atoms with Crippen molar-refractivity contribution in [2.45, 2.75) is 117 Å². The summed E-state index contributed by atoms with van der Waals surface area (Å²) in [6.45, 7) is 11.5. The van der Waals surface area contributed by atoms with Crippen LogP contribution in [0.25, 0.3) is 22.8 Å². The fourth-order valence-corrected chi connectivity index (χ4v) is 11.4. The van der Waals surface area contributed by atoms with E-state index in [1.54, 1.807) is 11.1 Å². The first kappa shape index (κ1) is 34.6. The molecule has 11 nitrogen and oxygen atoms in total. The summed E-state index contributed by atoms with van der Waals surface area (Å²) in [5, 5.41) is 17.2. The van der Waals surface area contributed by atoms with E-state index in [0.717, 1.165) is 80.1 Å². The number of aromatic nitrogens is 6. The number of aliphatic hydroxyl groups is 1.